The lowest BCUT2D eigenvalue weighted by Gasteiger charge is -2.22. The second-order valence-electron chi connectivity index (χ2n) is 4.63. The normalized spacial score (nSPS) is 11.0. The average Bonchev–Trinajstić information content (AvgIpc) is 2.95. The molecule has 0 saturated heterocycles. The van der Waals surface area contributed by atoms with Crippen LogP contribution < -0.4 is 10.5 Å². The monoisotopic (exact) mass is 319 g/mol. The summed E-state index contributed by atoms with van der Waals surface area (Å²) in [6.45, 7) is 3.50. The second kappa shape index (κ2) is 5.87. The zero-order valence-electron chi connectivity index (χ0n) is 11.5. The number of fused-ring (bicyclic) bond motifs is 1. The molecule has 0 bridgehead atoms. The Morgan fingerprint density at radius 3 is 2.81 bits per heavy atom. The molecule has 2 aromatic heterocycles. The van der Waals surface area contributed by atoms with Crippen molar-refractivity contribution < 1.29 is 0 Å². The topological polar surface area (TPSA) is 37.6 Å². The van der Waals surface area contributed by atoms with Crippen molar-refractivity contribution in [1.82, 2.24) is 9.38 Å². The van der Waals surface area contributed by atoms with E-state index in [-0.39, 0.29) is 5.56 Å². The van der Waals surface area contributed by atoms with Gasteiger partial charge in [0.1, 0.15) is 0 Å². The Bertz CT molecular complexity index is 810. The molecule has 2 heterocycles. The van der Waals surface area contributed by atoms with E-state index >= 15 is 0 Å². The molecular weight excluding hydrogens is 306 g/mol. The standard InChI is InChI=1S/C15H14ClN3OS/c1-2-18(13-5-3-11(16)4-6-13)10-12-9-14(20)19-7-8-21-15(19)17-12/h3-9H,2,10H2,1H3. The number of aromatic nitrogens is 2. The van der Waals surface area contributed by atoms with Gasteiger partial charge in [0.15, 0.2) is 4.96 Å². The maximum absolute atomic E-state index is 12.0. The van der Waals surface area contributed by atoms with E-state index in [1.165, 1.54) is 11.3 Å². The van der Waals surface area contributed by atoms with Crippen LogP contribution in [0, 0.1) is 0 Å². The molecule has 0 aliphatic rings. The van der Waals surface area contributed by atoms with Crippen molar-refractivity contribution in [2.75, 3.05) is 11.4 Å². The molecule has 0 aliphatic heterocycles. The van der Waals surface area contributed by atoms with Crippen LogP contribution >= 0.6 is 22.9 Å². The highest BCUT2D eigenvalue weighted by molar-refractivity contribution is 7.15. The van der Waals surface area contributed by atoms with Gasteiger partial charge in [-0.25, -0.2) is 4.98 Å². The summed E-state index contributed by atoms with van der Waals surface area (Å²) >= 11 is 7.38. The molecule has 0 aliphatic carbocycles. The Balaban J connectivity index is 1.91. The number of hydrogen-bond donors (Lipinski definition) is 0. The van der Waals surface area contributed by atoms with E-state index in [9.17, 15) is 4.79 Å². The van der Waals surface area contributed by atoms with Gasteiger partial charge in [0.05, 0.1) is 12.2 Å². The Labute approximate surface area is 131 Å². The minimum absolute atomic E-state index is 0.0385. The summed E-state index contributed by atoms with van der Waals surface area (Å²) in [4.78, 5) is 19.4. The van der Waals surface area contributed by atoms with Gasteiger partial charge in [0, 0.05) is 34.9 Å². The molecule has 0 saturated carbocycles. The van der Waals surface area contributed by atoms with Crippen molar-refractivity contribution in [2.24, 2.45) is 0 Å². The van der Waals surface area contributed by atoms with Crippen LogP contribution in [0.25, 0.3) is 4.96 Å². The van der Waals surface area contributed by atoms with Crippen LogP contribution in [-0.4, -0.2) is 15.9 Å². The first-order valence-corrected chi connectivity index (χ1v) is 7.89. The van der Waals surface area contributed by atoms with E-state index in [0.29, 0.717) is 11.6 Å². The Hall–Kier alpha value is -1.85. The summed E-state index contributed by atoms with van der Waals surface area (Å²) in [7, 11) is 0. The van der Waals surface area contributed by atoms with Gasteiger partial charge in [-0.15, -0.1) is 11.3 Å². The lowest BCUT2D eigenvalue weighted by molar-refractivity contribution is 0.806. The lowest BCUT2D eigenvalue weighted by atomic mass is 10.2. The zero-order valence-corrected chi connectivity index (χ0v) is 13.1. The highest BCUT2D eigenvalue weighted by Gasteiger charge is 2.09. The molecule has 1 aromatic carbocycles. The summed E-state index contributed by atoms with van der Waals surface area (Å²) in [5.41, 5.74) is 1.80. The van der Waals surface area contributed by atoms with Crippen LogP contribution in [0.5, 0.6) is 0 Å². The number of benzene rings is 1. The van der Waals surface area contributed by atoms with Gasteiger partial charge in [0.25, 0.3) is 5.56 Å². The molecule has 6 heteroatoms. The van der Waals surface area contributed by atoms with Gasteiger partial charge in [-0.3, -0.25) is 9.20 Å². The summed E-state index contributed by atoms with van der Waals surface area (Å²) in [6, 6.07) is 9.28. The molecule has 3 rings (SSSR count). The van der Waals surface area contributed by atoms with E-state index in [1.54, 1.807) is 16.7 Å². The van der Waals surface area contributed by atoms with Crippen molar-refractivity contribution >= 4 is 33.6 Å². The summed E-state index contributed by atoms with van der Waals surface area (Å²) in [5.74, 6) is 0. The van der Waals surface area contributed by atoms with E-state index in [1.807, 2.05) is 29.6 Å². The molecule has 0 unspecified atom stereocenters. The van der Waals surface area contributed by atoms with E-state index in [2.05, 4.69) is 16.8 Å². The molecule has 21 heavy (non-hydrogen) atoms. The van der Waals surface area contributed by atoms with Gasteiger partial charge in [0.2, 0.25) is 0 Å². The van der Waals surface area contributed by atoms with Crippen LogP contribution in [0.3, 0.4) is 0 Å². The van der Waals surface area contributed by atoms with Gasteiger partial charge in [-0.1, -0.05) is 11.6 Å². The number of halogens is 1. The first-order valence-electron chi connectivity index (χ1n) is 6.63. The smallest absolute Gasteiger partial charge is 0.258 e. The molecule has 108 valence electrons. The molecule has 0 fully saturated rings. The van der Waals surface area contributed by atoms with Crippen molar-refractivity contribution in [3.63, 3.8) is 0 Å². The molecule has 0 spiro atoms. The van der Waals surface area contributed by atoms with Crippen LogP contribution in [0.1, 0.15) is 12.6 Å². The summed E-state index contributed by atoms with van der Waals surface area (Å²) in [6.07, 6.45) is 1.75. The Kier molecular flexibility index (Phi) is 3.94. The molecule has 0 amide bonds. The number of thiazole rings is 1. The van der Waals surface area contributed by atoms with Gasteiger partial charge >= 0.3 is 0 Å². The second-order valence-corrected chi connectivity index (χ2v) is 5.94. The van der Waals surface area contributed by atoms with Crippen LogP contribution in [0.4, 0.5) is 5.69 Å². The van der Waals surface area contributed by atoms with E-state index in [4.69, 9.17) is 11.6 Å². The van der Waals surface area contributed by atoms with E-state index < -0.39 is 0 Å². The quantitative estimate of drug-likeness (QED) is 0.739. The number of rotatable bonds is 4. The fraction of sp³-hybridized carbons (Fsp3) is 0.200. The van der Waals surface area contributed by atoms with Crippen LogP contribution in [0.2, 0.25) is 5.02 Å². The Morgan fingerprint density at radius 1 is 1.33 bits per heavy atom. The van der Waals surface area contributed by atoms with Crippen molar-refractivity contribution in [2.45, 2.75) is 13.5 Å². The van der Waals surface area contributed by atoms with E-state index in [0.717, 1.165) is 22.9 Å². The fourth-order valence-electron chi connectivity index (χ4n) is 2.20. The maximum atomic E-state index is 12.0. The van der Waals surface area contributed by atoms with Gasteiger partial charge in [-0.2, -0.15) is 0 Å². The molecule has 0 N–H and O–H groups in total. The minimum atomic E-state index is -0.0385. The third-order valence-corrected chi connectivity index (χ3v) is 4.29. The molecule has 0 radical (unpaired) electrons. The number of nitrogens with zero attached hydrogens (tertiary/aromatic N) is 3. The van der Waals surface area contributed by atoms with Crippen molar-refractivity contribution in [3.05, 3.63) is 63.0 Å². The average molecular weight is 320 g/mol. The highest BCUT2D eigenvalue weighted by atomic mass is 35.5. The molecule has 4 nitrogen and oxygen atoms in total. The van der Waals surface area contributed by atoms with Crippen molar-refractivity contribution in [3.8, 4) is 0 Å². The first-order chi connectivity index (χ1) is 10.2. The highest BCUT2D eigenvalue weighted by Crippen LogP contribution is 2.19. The Morgan fingerprint density at radius 2 is 2.10 bits per heavy atom. The SMILES string of the molecule is CCN(Cc1cc(=O)n2ccsc2n1)c1ccc(Cl)cc1. The van der Waals surface area contributed by atoms with Gasteiger partial charge < -0.3 is 4.90 Å². The summed E-state index contributed by atoms with van der Waals surface area (Å²) in [5, 5.41) is 2.58. The van der Waals surface area contributed by atoms with Crippen LogP contribution in [0.15, 0.2) is 46.7 Å². The molecule has 3 aromatic rings. The third kappa shape index (κ3) is 2.94. The fourth-order valence-corrected chi connectivity index (χ4v) is 3.07. The zero-order chi connectivity index (χ0) is 14.8. The molecular formula is C15H14ClN3OS. The van der Waals surface area contributed by atoms with Gasteiger partial charge in [-0.05, 0) is 31.2 Å². The lowest BCUT2D eigenvalue weighted by Crippen LogP contribution is -2.24. The maximum Gasteiger partial charge on any atom is 0.258 e. The molecule has 0 atom stereocenters. The predicted octanol–water partition coefficient (Wildman–Crippen LogP) is 3.44. The van der Waals surface area contributed by atoms with Crippen LogP contribution in [-0.2, 0) is 6.54 Å². The van der Waals surface area contributed by atoms with Crippen molar-refractivity contribution in [1.29, 1.82) is 0 Å². The predicted molar refractivity (Wildman–Crippen MR) is 87.5 cm³/mol. The third-order valence-electron chi connectivity index (χ3n) is 3.28. The minimum Gasteiger partial charge on any atom is -0.366 e. The summed E-state index contributed by atoms with van der Waals surface area (Å²) < 4.78 is 1.56. The first kappa shape index (κ1) is 14.1. The number of hydrogen-bond acceptors (Lipinski definition) is 4. The number of anilines is 1. The largest absolute Gasteiger partial charge is 0.366 e.